The Labute approximate surface area is 109 Å². The summed E-state index contributed by atoms with van der Waals surface area (Å²) in [6.45, 7) is 4.56. The summed E-state index contributed by atoms with van der Waals surface area (Å²) < 4.78 is 0.828. The van der Waals surface area contributed by atoms with Crippen LogP contribution in [0, 0.1) is 10.1 Å². The number of halogens is 1. The molecule has 0 bridgehead atoms. The number of benzene rings is 1. The predicted molar refractivity (Wildman–Crippen MR) is 72.5 cm³/mol. The number of nitro groups is 1. The average Bonchev–Trinajstić information content (AvgIpc) is 2.28. The Morgan fingerprint density at radius 2 is 2.24 bits per heavy atom. The Balaban J connectivity index is 2.68. The van der Waals surface area contributed by atoms with E-state index in [1.54, 1.807) is 12.1 Å². The van der Waals surface area contributed by atoms with Gasteiger partial charge in [-0.05, 0) is 25.7 Å². The van der Waals surface area contributed by atoms with Crippen LogP contribution in [0.1, 0.15) is 6.92 Å². The molecule has 0 saturated carbocycles. The Hall–Kier alpha value is -1.14. The molecule has 0 aromatic heterocycles. The monoisotopic (exact) mass is 301 g/mol. The molecule has 5 nitrogen and oxygen atoms in total. The van der Waals surface area contributed by atoms with Crippen LogP contribution in [0.15, 0.2) is 22.7 Å². The van der Waals surface area contributed by atoms with E-state index >= 15 is 0 Å². The van der Waals surface area contributed by atoms with E-state index in [0.717, 1.165) is 17.6 Å². The number of hydrogen-bond donors (Lipinski definition) is 1. The molecule has 0 spiro atoms. The molecule has 0 radical (unpaired) electrons. The minimum Gasteiger partial charge on any atom is -0.378 e. The Morgan fingerprint density at radius 1 is 1.53 bits per heavy atom. The minimum absolute atomic E-state index is 0.104. The third kappa shape index (κ3) is 4.32. The van der Waals surface area contributed by atoms with Crippen LogP contribution in [0.25, 0.3) is 0 Å². The van der Waals surface area contributed by atoms with Gasteiger partial charge in [-0.15, -0.1) is 0 Å². The molecule has 1 rings (SSSR count). The standard InChI is InChI=1S/C11H16BrN3O2/c1-3-14(2)7-6-13-10-8-9(12)4-5-11(10)15(16)17/h4-5,8,13H,3,6-7H2,1-2H3. The molecule has 1 aromatic rings. The van der Waals surface area contributed by atoms with Crippen molar-refractivity contribution in [3.63, 3.8) is 0 Å². The second kappa shape index (κ2) is 6.56. The zero-order chi connectivity index (χ0) is 12.8. The first-order chi connectivity index (χ1) is 8.04. The van der Waals surface area contributed by atoms with Crippen LogP contribution in [0.4, 0.5) is 11.4 Å². The molecule has 0 unspecified atom stereocenters. The fourth-order valence-electron chi connectivity index (χ4n) is 1.35. The molecule has 0 aliphatic heterocycles. The largest absolute Gasteiger partial charge is 0.378 e. The van der Waals surface area contributed by atoms with Gasteiger partial charge in [-0.25, -0.2) is 0 Å². The summed E-state index contributed by atoms with van der Waals surface area (Å²) >= 11 is 3.31. The SMILES string of the molecule is CCN(C)CCNc1cc(Br)ccc1[N+](=O)[O-]. The van der Waals surface area contributed by atoms with Gasteiger partial charge in [-0.3, -0.25) is 10.1 Å². The summed E-state index contributed by atoms with van der Waals surface area (Å²) in [5.41, 5.74) is 0.654. The predicted octanol–water partition coefficient (Wildman–Crippen LogP) is 2.72. The van der Waals surface area contributed by atoms with Crippen LogP contribution in [-0.2, 0) is 0 Å². The van der Waals surface area contributed by atoms with Gasteiger partial charge in [0.05, 0.1) is 4.92 Å². The summed E-state index contributed by atoms with van der Waals surface area (Å²) in [7, 11) is 2.01. The molecule has 6 heteroatoms. The van der Waals surface area contributed by atoms with Gasteiger partial charge in [0.2, 0.25) is 0 Å². The third-order valence-electron chi connectivity index (χ3n) is 2.50. The van der Waals surface area contributed by atoms with E-state index in [0.29, 0.717) is 12.2 Å². The van der Waals surface area contributed by atoms with Crippen molar-refractivity contribution in [3.8, 4) is 0 Å². The number of nitro benzene ring substituents is 1. The van der Waals surface area contributed by atoms with Crippen LogP contribution in [0.3, 0.4) is 0 Å². The number of anilines is 1. The lowest BCUT2D eigenvalue weighted by atomic mass is 10.2. The van der Waals surface area contributed by atoms with E-state index < -0.39 is 0 Å². The fourth-order valence-corrected chi connectivity index (χ4v) is 1.71. The number of likely N-dealkylation sites (N-methyl/N-ethyl adjacent to an activating group) is 1. The number of nitrogens with one attached hydrogen (secondary N) is 1. The van der Waals surface area contributed by atoms with Crippen molar-refractivity contribution in [2.75, 3.05) is 32.0 Å². The first-order valence-corrected chi connectivity index (χ1v) is 6.20. The molecule has 94 valence electrons. The second-order valence-electron chi connectivity index (χ2n) is 3.74. The summed E-state index contributed by atoms with van der Waals surface area (Å²) in [5.74, 6) is 0. The molecule has 17 heavy (non-hydrogen) atoms. The van der Waals surface area contributed by atoms with Crippen molar-refractivity contribution >= 4 is 27.3 Å². The quantitative estimate of drug-likeness (QED) is 0.648. The van der Waals surface area contributed by atoms with Gasteiger partial charge in [0, 0.05) is 23.6 Å². The Kier molecular flexibility index (Phi) is 5.37. The molecular weight excluding hydrogens is 286 g/mol. The number of nitrogens with zero attached hydrogens (tertiary/aromatic N) is 2. The van der Waals surface area contributed by atoms with E-state index in [4.69, 9.17) is 0 Å². The number of hydrogen-bond acceptors (Lipinski definition) is 4. The molecule has 0 amide bonds. The van der Waals surface area contributed by atoms with E-state index in [-0.39, 0.29) is 10.6 Å². The van der Waals surface area contributed by atoms with Gasteiger partial charge in [-0.1, -0.05) is 22.9 Å². The van der Waals surface area contributed by atoms with Crippen LogP contribution in [-0.4, -0.2) is 36.5 Å². The molecule has 1 N–H and O–H groups in total. The lowest BCUT2D eigenvalue weighted by molar-refractivity contribution is -0.384. The third-order valence-corrected chi connectivity index (χ3v) is 3.00. The number of rotatable bonds is 6. The highest BCUT2D eigenvalue weighted by molar-refractivity contribution is 9.10. The zero-order valence-corrected chi connectivity index (χ0v) is 11.5. The van der Waals surface area contributed by atoms with Crippen LogP contribution in [0.2, 0.25) is 0 Å². The Morgan fingerprint density at radius 3 is 2.82 bits per heavy atom. The van der Waals surface area contributed by atoms with E-state index in [1.807, 2.05) is 7.05 Å². The highest BCUT2D eigenvalue weighted by atomic mass is 79.9. The molecule has 0 aliphatic carbocycles. The van der Waals surface area contributed by atoms with Gasteiger partial charge in [0.25, 0.3) is 5.69 Å². The zero-order valence-electron chi connectivity index (χ0n) is 9.94. The molecule has 1 aromatic carbocycles. The average molecular weight is 302 g/mol. The minimum atomic E-state index is -0.377. The molecule has 0 atom stereocenters. The summed E-state index contributed by atoms with van der Waals surface area (Å²) in [6.07, 6.45) is 0. The van der Waals surface area contributed by atoms with Crippen LogP contribution >= 0.6 is 15.9 Å². The maximum Gasteiger partial charge on any atom is 0.292 e. The van der Waals surface area contributed by atoms with E-state index in [1.165, 1.54) is 6.07 Å². The molecule has 0 saturated heterocycles. The van der Waals surface area contributed by atoms with Gasteiger partial charge in [0.15, 0.2) is 0 Å². The van der Waals surface area contributed by atoms with Gasteiger partial charge in [0.1, 0.15) is 5.69 Å². The van der Waals surface area contributed by atoms with E-state index in [2.05, 4.69) is 33.1 Å². The molecule has 0 heterocycles. The van der Waals surface area contributed by atoms with Crippen LogP contribution < -0.4 is 5.32 Å². The van der Waals surface area contributed by atoms with Crippen molar-refractivity contribution in [2.45, 2.75) is 6.92 Å². The molecule has 0 fully saturated rings. The molecule has 0 aliphatic rings. The topological polar surface area (TPSA) is 58.4 Å². The van der Waals surface area contributed by atoms with Crippen LogP contribution in [0.5, 0.6) is 0 Å². The highest BCUT2D eigenvalue weighted by Gasteiger charge is 2.13. The fraction of sp³-hybridized carbons (Fsp3) is 0.455. The highest BCUT2D eigenvalue weighted by Crippen LogP contribution is 2.27. The van der Waals surface area contributed by atoms with Crippen molar-refractivity contribution in [1.29, 1.82) is 0 Å². The lowest BCUT2D eigenvalue weighted by Crippen LogP contribution is -2.24. The van der Waals surface area contributed by atoms with Crippen molar-refractivity contribution in [3.05, 3.63) is 32.8 Å². The summed E-state index contributed by atoms with van der Waals surface area (Å²) in [5, 5.41) is 13.9. The first kappa shape index (κ1) is 13.9. The maximum absolute atomic E-state index is 10.8. The molecular formula is C11H16BrN3O2. The lowest BCUT2D eigenvalue weighted by Gasteiger charge is -2.14. The van der Waals surface area contributed by atoms with E-state index in [9.17, 15) is 10.1 Å². The van der Waals surface area contributed by atoms with Crippen molar-refractivity contribution < 1.29 is 4.92 Å². The van der Waals surface area contributed by atoms with Crippen molar-refractivity contribution in [1.82, 2.24) is 4.90 Å². The maximum atomic E-state index is 10.8. The summed E-state index contributed by atoms with van der Waals surface area (Å²) in [4.78, 5) is 12.6. The summed E-state index contributed by atoms with van der Waals surface area (Å²) in [6, 6.07) is 4.89. The smallest absolute Gasteiger partial charge is 0.292 e. The van der Waals surface area contributed by atoms with Gasteiger partial charge in [-0.2, -0.15) is 0 Å². The first-order valence-electron chi connectivity index (χ1n) is 5.41. The second-order valence-corrected chi connectivity index (χ2v) is 4.66. The Bertz CT molecular complexity index is 398. The van der Waals surface area contributed by atoms with Gasteiger partial charge >= 0.3 is 0 Å². The van der Waals surface area contributed by atoms with Gasteiger partial charge < -0.3 is 10.2 Å². The normalized spacial score (nSPS) is 10.6. The van der Waals surface area contributed by atoms with Crippen molar-refractivity contribution in [2.24, 2.45) is 0 Å².